The van der Waals surface area contributed by atoms with Crippen LogP contribution in [0.25, 0.3) is 0 Å². The Bertz CT molecular complexity index is 404. The van der Waals surface area contributed by atoms with Gasteiger partial charge in [-0.25, -0.2) is 0 Å². The molecule has 0 aliphatic rings. The zero-order chi connectivity index (χ0) is 14.5. The monoisotopic (exact) mass is 267 g/mol. The van der Waals surface area contributed by atoms with E-state index < -0.39 is 0 Å². The van der Waals surface area contributed by atoms with E-state index in [4.69, 9.17) is 4.74 Å². The lowest BCUT2D eigenvalue weighted by Crippen LogP contribution is -2.32. The van der Waals surface area contributed by atoms with Crippen LogP contribution in [0.3, 0.4) is 0 Å². The lowest BCUT2D eigenvalue weighted by molar-refractivity contribution is 0.149. The number of hydrogen-bond donors (Lipinski definition) is 3. The number of aromatic hydroxyl groups is 2. The molecule has 0 bridgehead atoms. The van der Waals surface area contributed by atoms with Crippen LogP contribution >= 0.6 is 0 Å². The van der Waals surface area contributed by atoms with Crippen LogP contribution < -0.4 is 5.32 Å². The van der Waals surface area contributed by atoms with Crippen LogP contribution in [0.1, 0.15) is 38.8 Å². The quantitative estimate of drug-likeness (QED) is 0.665. The van der Waals surface area contributed by atoms with E-state index in [1.54, 1.807) is 13.2 Å². The summed E-state index contributed by atoms with van der Waals surface area (Å²) in [5.41, 5.74) is 0.832. The van der Waals surface area contributed by atoms with Gasteiger partial charge in [0.05, 0.1) is 0 Å². The van der Waals surface area contributed by atoms with Gasteiger partial charge in [0.25, 0.3) is 0 Å². The fraction of sp³-hybridized carbons (Fsp3) is 0.600. The summed E-state index contributed by atoms with van der Waals surface area (Å²) in [6.07, 6.45) is 0.968. The van der Waals surface area contributed by atoms with E-state index in [1.165, 1.54) is 12.1 Å². The molecule has 0 saturated heterocycles. The van der Waals surface area contributed by atoms with Crippen molar-refractivity contribution in [3.05, 3.63) is 23.8 Å². The van der Waals surface area contributed by atoms with Gasteiger partial charge in [0, 0.05) is 31.9 Å². The predicted molar refractivity (Wildman–Crippen MR) is 76.5 cm³/mol. The fourth-order valence-electron chi connectivity index (χ4n) is 1.89. The molecule has 1 unspecified atom stereocenters. The number of methoxy groups -OCH3 is 1. The largest absolute Gasteiger partial charge is 0.508 e. The summed E-state index contributed by atoms with van der Waals surface area (Å²) in [7, 11) is 1.71. The molecular formula is C15H25NO3. The van der Waals surface area contributed by atoms with Crippen molar-refractivity contribution in [2.75, 3.05) is 20.3 Å². The van der Waals surface area contributed by atoms with Gasteiger partial charge < -0.3 is 20.3 Å². The van der Waals surface area contributed by atoms with Crippen LogP contribution in [0.5, 0.6) is 11.5 Å². The molecule has 1 aromatic carbocycles. The van der Waals surface area contributed by atoms with Crippen LogP contribution in [0.2, 0.25) is 0 Å². The molecule has 0 radical (unpaired) electrons. The van der Waals surface area contributed by atoms with Gasteiger partial charge in [-0.2, -0.15) is 0 Å². The second-order valence-electron chi connectivity index (χ2n) is 5.75. The van der Waals surface area contributed by atoms with Gasteiger partial charge in [0.1, 0.15) is 11.5 Å². The number of hydrogen-bond acceptors (Lipinski definition) is 4. The lowest BCUT2D eigenvalue weighted by atomic mass is 9.89. The maximum atomic E-state index is 9.81. The molecule has 0 spiro atoms. The molecular weight excluding hydrogens is 242 g/mol. The second kappa shape index (κ2) is 6.78. The van der Waals surface area contributed by atoms with Crippen LogP contribution in [-0.2, 0) is 4.74 Å². The highest BCUT2D eigenvalue weighted by molar-refractivity contribution is 5.40. The number of ether oxygens (including phenoxy) is 1. The predicted octanol–water partition coefficient (Wildman–Crippen LogP) is 2.81. The summed E-state index contributed by atoms with van der Waals surface area (Å²) in [6, 6.07) is 4.57. The van der Waals surface area contributed by atoms with Crippen LogP contribution in [0.15, 0.2) is 18.2 Å². The Morgan fingerprint density at radius 1 is 1.32 bits per heavy atom. The maximum Gasteiger partial charge on any atom is 0.120 e. The molecule has 0 amide bonds. The topological polar surface area (TPSA) is 61.7 Å². The highest BCUT2D eigenvalue weighted by atomic mass is 16.5. The van der Waals surface area contributed by atoms with Crippen LogP contribution in [-0.4, -0.2) is 30.5 Å². The zero-order valence-corrected chi connectivity index (χ0v) is 12.2. The number of phenolic OH excluding ortho intramolecular Hbond substituents is 2. The normalized spacial score (nSPS) is 13.5. The maximum absolute atomic E-state index is 9.81. The summed E-state index contributed by atoms with van der Waals surface area (Å²) in [5, 5.41) is 22.7. The Hall–Kier alpha value is -1.26. The van der Waals surface area contributed by atoms with Gasteiger partial charge in [0.15, 0.2) is 0 Å². The third-order valence-corrected chi connectivity index (χ3v) is 3.35. The first-order chi connectivity index (χ1) is 8.85. The van der Waals surface area contributed by atoms with Crippen molar-refractivity contribution in [2.24, 2.45) is 5.41 Å². The Balaban J connectivity index is 2.59. The van der Waals surface area contributed by atoms with E-state index in [2.05, 4.69) is 19.2 Å². The molecule has 0 aliphatic carbocycles. The molecule has 1 rings (SSSR count). The Morgan fingerprint density at radius 3 is 2.63 bits per heavy atom. The molecule has 0 saturated carbocycles. The summed E-state index contributed by atoms with van der Waals surface area (Å²) in [4.78, 5) is 0. The molecule has 0 aromatic heterocycles. The van der Waals surface area contributed by atoms with Crippen LogP contribution in [0, 0.1) is 5.41 Å². The molecule has 3 N–H and O–H groups in total. The summed E-state index contributed by atoms with van der Waals surface area (Å²) in [6.45, 7) is 7.87. The van der Waals surface area contributed by atoms with Crippen molar-refractivity contribution in [2.45, 2.75) is 33.2 Å². The molecule has 1 aromatic rings. The first kappa shape index (κ1) is 15.8. The van der Waals surface area contributed by atoms with E-state index in [0.29, 0.717) is 5.56 Å². The average molecular weight is 267 g/mol. The highest BCUT2D eigenvalue weighted by Gasteiger charge is 2.19. The summed E-state index contributed by atoms with van der Waals surface area (Å²) in [5.74, 6) is 0.368. The summed E-state index contributed by atoms with van der Waals surface area (Å²) >= 11 is 0. The number of benzene rings is 1. The minimum absolute atomic E-state index is 0.0195. The van der Waals surface area contributed by atoms with Gasteiger partial charge in [-0.3, -0.25) is 0 Å². The van der Waals surface area contributed by atoms with Gasteiger partial charge in [-0.05, 0) is 37.0 Å². The standard InChI is InChI=1S/C15H25NO3/c1-11(13-9-12(17)5-6-14(13)18)16-10-15(2,3)7-8-19-4/h5-6,9,11,16-18H,7-8,10H2,1-4H3. The molecule has 19 heavy (non-hydrogen) atoms. The Kier molecular flexibility index (Phi) is 5.63. The van der Waals surface area contributed by atoms with E-state index >= 15 is 0 Å². The van der Waals surface area contributed by atoms with E-state index in [-0.39, 0.29) is 23.0 Å². The zero-order valence-electron chi connectivity index (χ0n) is 12.2. The first-order valence-corrected chi connectivity index (χ1v) is 6.60. The van der Waals surface area contributed by atoms with Crippen molar-refractivity contribution >= 4 is 0 Å². The van der Waals surface area contributed by atoms with Gasteiger partial charge in [-0.15, -0.1) is 0 Å². The molecule has 0 heterocycles. The molecule has 1 atom stereocenters. The van der Waals surface area contributed by atoms with E-state index in [1.807, 2.05) is 6.92 Å². The van der Waals surface area contributed by atoms with Crippen molar-refractivity contribution in [1.29, 1.82) is 0 Å². The van der Waals surface area contributed by atoms with E-state index in [0.717, 1.165) is 19.6 Å². The molecule has 0 fully saturated rings. The SMILES string of the molecule is COCCC(C)(C)CNC(C)c1cc(O)ccc1O. The Morgan fingerprint density at radius 2 is 2.00 bits per heavy atom. The van der Waals surface area contributed by atoms with Gasteiger partial charge in [0.2, 0.25) is 0 Å². The first-order valence-electron chi connectivity index (χ1n) is 6.60. The van der Waals surface area contributed by atoms with Crippen molar-refractivity contribution < 1.29 is 14.9 Å². The summed E-state index contributed by atoms with van der Waals surface area (Å²) < 4.78 is 5.10. The number of nitrogens with one attached hydrogen (secondary N) is 1. The van der Waals surface area contributed by atoms with E-state index in [9.17, 15) is 10.2 Å². The molecule has 0 aliphatic heterocycles. The smallest absolute Gasteiger partial charge is 0.120 e. The number of rotatable bonds is 7. The fourth-order valence-corrected chi connectivity index (χ4v) is 1.89. The number of phenols is 2. The third-order valence-electron chi connectivity index (χ3n) is 3.35. The van der Waals surface area contributed by atoms with Gasteiger partial charge in [-0.1, -0.05) is 13.8 Å². The van der Waals surface area contributed by atoms with Crippen LogP contribution in [0.4, 0.5) is 0 Å². The molecule has 108 valence electrons. The minimum Gasteiger partial charge on any atom is -0.508 e. The molecule has 4 nitrogen and oxygen atoms in total. The molecule has 4 heteroatoms. The van der Waals surface area contributed by atoms with Gasteiger partial charge >= 0.3 is 0 Å². The second-order valence-corrected chi connectivity index (χ2v) is 5.75. The van der Waals surface area contributed by atoms with Crippen molar-refractivity contribution in [1.82, 2.24) is 5.32 Å². The van der Waals surface area contributed by atoms with Crippen molar-refractivity contribution in [3.63, 3.8) is 0 Å². The average Bonchev–Trinajstić information content (AvgIpc) is 2.36. The third kappa shape index (κ3) is 5.09. The Labute approximate surface area is 115 Å². The minimum atomic E-state index is -0.0195. The lowest BCUT2D eigenvalue weighted by Gasteiger charge is -2.27. The highest BCUT2D eigenvalue weighted by Crippen LogP contribution is 2.28. The van der Waals surface area contributed by atoms with Crippen molar-refractivity contribution in [3.8, 4) is 11.5 Å².